The van der Waals surface area contributed by atoms with Gasteiger partial charge in [-0.15, -0.1) is 0 Å². The molecular formula is C8H14CaO12. The summed E-state index contributed by atoms with van der Waals surface area (Å²) in [4.78, 5) is 38.5. The van der Waals surface area contributed by atoms with Gasteiger partial charge in [0.15, 0.2) is 6.10 Å². The molecule has 2 atom stereocenters. The first kappa shape index (κ1) is 32.1. The number of aliphatic carboxylic acids is 4. The second-order valence-corrected chi connectivity index (χ2v) is 2.86. The van der Waals surface area contributed by atoms with Crippen LogP contribution in [0.5, 0.6) is 0 Å². The minimum atomic E-state index is -1.96. The van der Waals surface area contributed by atoms with Crippen molar-refractivity contribution in [1.29, 1.82) is 0 Å². The molecule has 0 aliphatic heterocycles. The van der Waals surface area contributed by atoms with Gasteiger partial charge in [0.1, 0.15) is 0 Å². The Morgan fingerprint density at radius 3 is 1.33 bits per heavy atom. The van der Waals surface area contributed by atoms with E-state index in [1.54, 1.807) is 0 Å². The van der Waals surface area contributed by atoms with Crippen LogP contribution in [0.4, 0.5) is 0 Å². The van der Waals surface area contributed by atoms with Crippen molar-refractivity contribution in [2.75, 3.05) is 0 Å². The van der Waals surface area contributed by atoms with Gasteiger partial charge in [-0.2, -0.15) is 0 Å². The Labute approximate surface area is 147 Å². The predicted octanol–water partition coefficient (Wildman–Crippen LogP) is -6.89. The maximum atomic E-state index is 9.72. The Hall–Kier alpha value is -1.02. The van der Waals surface area contributed by atoms with Crippen LogP contribution in [-0.2, 0) is 19.2 Å². The molecule has 0 amide bonds. The van der Waals surface area contributed by atoms with E-state index in [1.807, 2.05) is 0 Å². The summed E-state index contributed by atoms with van der Waals surface area (Å²) in [6.45, 7) is 0. The van der Waals surface area contributed by atoms with E-state index in [-0.39, 0.29) is 48.7 Å². The SMILES string of the molecule is O.O.O=C(O)CC(O)C(=O)O.O=C([O-])CC(O)C(=O)[O-].[Ca+2]. The second kappa shape index (κ2) is 17.0. The van der Waals surface area contributed by atoms with Gasteiger partial charge in [-0.05, 0) is 0 Å². The van der Waals surface area contributed by atoms with Crippen molar-refractivity contribution in [1.82, 2.24) is 0 Å². The summed E-state index contributed by atoms with van der Waals surface area (Å²) in [5.74, 6) is -6.27. The molecule has 0 rings (SSSR count). The number of hydrogen-bond acceptors (Lipinski definition) is 8. The van der Waals surface area contributed by atoms with Gasteiger partial charge in [-0.25, -0.2) is 4.79 Å². The number of carboxylic acids is 4. The normalized spacial score (nSPS) is 10.8. The molecule has 0 spiro atoms. The zero-order valence-electron chi connectivity index (χ0n) is 10.5. The van der Waals surface area contributed by atoms with Gasteiger partial charge in [0.25, 0.3) is 0 Å². The Bertz CT molecular complexity index is 297. The minimum absolute atomic E-state index is 0. The maximum absolute atomic E-state index is 9.72. The van der Waals surface area contributed by atoms with Crippen LogP contribution in [-0.4, -0.2) is 105 Å². The van der Waals surface area contributed by atoms with Gasteiger partial charge in [-0.1, -0.05) is 0 Å². The molecule has 120 valence electrons. The van der Waals surface area contributed by atoms with Gasteiger partial charge in [0.2, 0.25) is 0 Å². The molecule has 8 N–H and O–H groups in total. The number of carbonyl (C=O) groups is 4. The first-order chi connectivity index (χ1) is 8.07. The maximum Gasteiger partial charge on any atom is 2.00 e. The Morgan fingerprint density at radius 2 is 1.24 bits per heavy atom. The van der Waals surface area contributed by atoms with Crippen molar-refractivity contribution >= 4 is 61.6 Å². The summed E-state index contributed by atoms with van der Waals surface area (Å²) < 4.78 is 0. The summed E-state index contributed by atoms with van der Waals surface area (Å²) in [6, 6.07) is 0. The topological polar surface area (TPSA) is 258 Å². The van der Waals surface area contributed by atoms with Gasteiger partial charge in [-0.3, -0.25) is 4.79 Å². The molecule has 0 saturated carbocycles. The van der Waals surface area contributed by atoms with Crippen LogP contribution < -0.4 is 10.2 Å². The van der Waals surface area contributed by atoms with Crippen molar-refractivity contribution in [3.05, 3.63) is 0 Å². The molecule has 0 aliphatic rings. The zero-order chi connectivity index (χ0) is 14.9. The predicted molar refractivity (Wildman–Crippen MR) is 59.5 cm³/mol. The van der Waals surface area contributed by atoms with E-state index in [4.69, 9.17) is 20.4 Å². The first-order valence-corrected chi connectivity index (χ1v) is 4.29. The monoisotopic (exact) mass is 342 g/mol. The van der Waals surface area contributed by atoms with Gasteiger partial charge >= 0.3 is 49.7 Å². The van der Waals surface area contributed by atoms with Crippen molar-refractivity contribution in [3.8, 4) is 0 Å². The molecule has 0 radical (unpaired) electrons. The van der Waals surface area contributed by atoms with Crippen LogP contribution in [0.15, 0.2) is 0 Å². The average Bonchev–Trinajstić information content (AvgIpc) is 2.16. The van der Waals surface area contributed by atoms with E-state index in [9.17, 15) is 29.4 Å². The third kappa shape index (κ3) is 24.4. The van der Waals surface area contributed by atoms with Crippen molar-refractivity contribution in [2.24, 2.45) is 0 Å². The van der Waals surface area contributed by atoms with Gasteiger partial charge in [0.05, 0.1) is 18.5 Å². The standard InChI is InChI=1S/2C4H6O5.Ca.2H2O/c2*5-2(4(8)9)1-3(6)7;;;/h2*2,5H,1H2,(H,6,7)(H,8,9);;2*1H2/q;;+2;;/p-2. The molecule has 13 heteroatoms. The van der Waals surface area contributed by atoms with E-state index < -0.39 is 48.9 Å². The summed E-state index contributed by atoms with van der Waals surface area (Å²) in [5.41, 5.74) is 0. The smallest absolute Gasteiger partial charge is 0.550 e. The molecule has 0 saturated heterocycles. The van der Waals surface area contributed by atoms with Crippen molar-refractivity contribution < 1.29 is 60.8 Å². The van der Waals surface area contributed by atoms with Crippen LogP contribution in [0, 0.1) is 0 Å². The number of rotatable bonds is 6. The number of aliphatic hydroxyl groups excluding tert-OH is 2. The van der Waals surface area contributed by atoms with E-state index in [0.717, 1.165) is 0 Å². The number of carbonyl (C=O) groups excluding carboxylic acids is 2. The number of aliphatic hydroxyl groups is 2. The fourth-order valence-corrected chi connectivity index (χ4v) is 0.494. The van der Waals surface area contributed by atoms with E-state index in [0.29, 0.717) is 0 Å². The van der Waals surface area contributed by atoms with Crippen molar-refractivity contribution in [2.45, 2.75) is 25.0 Å². The fraction of sp³-hybridized carbons (Fsp3) is 0.500. The molecule has 12 nitrogen and oxygen atoms in total. The Morgan fingerprint density at radius 1 is 0.857 bits per heavy atom. The summed E-state index contributed by atoms with van der Waals surface area (Å²) in [5, 5.41) is 51.5. The summed E-state index contributed by atoms with van der Waals surface area (Å²) in [6.07, 6.45) is -5.44. The molecule has 0 heterocycles. The third-order valence-corrected chi connectivity index (χ3v) is 1.29. The molecule has 0 aromatic rings. The molecule has 0 bridgehead atoms. The van der Waals surface area contributed by atoms with Crippen LogP contribution in [0.25, 0.3) is 0 Å². The van der Waals surface area contributed by atoms with Gasteiger partial charge in [0, 0.05) is 12.4 Å². The van der Waals surface area contributed by atoms with E-state index >= 15 is 0 Å². The van der Waals surface area contributed by atoms with E-state index in [1.165, 1.54) is 0 Å². The largest absolute Gasteiger partial charge is 2.00 e. The fourth-order valence-electron chi connectivity index (χ4n) is 0.494. The molecule has 0 aromatic heterocycles. The molecule has 21 heavy (non-hydrogen) atoms. The van der Waals surface area contributed by atoms with E-state index in [2.05, 4.69) is 0 Å². The average molecular weight is 342 g/mol. The summed E-state index contributed by atoms with van der Waals surface area (Å²) >= 11 is 0. The van der Waals surface area contributed by atoms with Gasteiger partial charge < -0.3 is 51.2 Å². The first-order valence-electron chi connectivity index (χ1n) is 4.29. The third-order valence-electron chi connectivity index (χ3n) is 1.29. The summed E-state index contributed by atoms with van der Waals surface area (Å²) in [7, 11) is 0. The molecule has 0 fully saturated rings. The Balaban J connectivity index is -0.0000000711. The molecule has 0 aromatic carbocycles. The van der Waals surface area contributed by atoms with Crippen LogP contribution >= 0.6 is 0 Å². The van der Waals surface area contributed by atoms with Crippen LogP contribution in [0.2, 0.25) is 0 Å². The second-order valence-electron chi connectivity index (χ2n) is 2.86. The molecular weight excluding hydrogens is 328 g/mol. The van der Waals surface area contributed by atoms with Crippen LogP contribution in [0.3, 0.4) is 0 Å². The zero-order valence-corrected chi connectivity index (χ0v) is 12.7. The molecule has 2 unspecified atom stereocenters. The minimum Gasteiger partial charge on any atom is -0.550 e. The molecule has 0 aliphatic carbocycles. The van der Waals surface area contributed by atoms with Crippen LogP contribution in [0.1, 0.15) is 12.8 Å². The number of hydrogen-bond donors (Lipinski definition) is 4. The number of carboxylic acid groups (broad SMARTS) is 4. The quantitative estimate of drug-likeness (QED) is 0.331. The van der Waals surface area contributed by atoms with Crippen molar-refractivity contribution in [3.63, 3.8) is 0 Å². The Kier molecular flexibility index (Phi) is 26.0.